The van der Waals surface area contributed by atoms with Crippen molar-refractivity contribution < 1.29 is 9.53 Å². The van der Waals surface area contributed by atoms with Gasteiger partial charge in [0, 0.05) is 29.9 Å². The van der Waals surface area contributed by atoms with Crippen LogP contribution in [0.3, 0.4) is 0 Å². The van der Waals surface area contributed by atoms with Crippen molar-refractivity contribution in [3.63, 3.8) is 0 Å². The van der Waals surface area contributed by atoms with Crippen LogP contribution in [0.5, 0.6) is 0 Å². The van der Waals surface area contributed by atoms with Crippen molar-refractivity contribution in [1.82, 2.24) is 10.3 Å². The number of hydrogen-bond acceptors (Lipinski definition) is 5. The summed E-state index contributed by atoms with van der Waals surface area (Å²) < 4.78 is 5.37. The van der Waals surface area contributed by atoms with Gasteiger partial charge in [0.05, 0.1) is 12.3 Å². The summed E-state index contributed by atoms with van der Waals surface area (Å²) in [5.74, 6) is -0.335. The van der Waals surface area contributed by atoms with Crippen molar-refractivity contribution in [2.75, 3.05) is 13.2 Å². The molecule has 1 fully saturated rings. The molecule has 1 aliphatic carbocycles. The second kappa shape index (κ2) is 5.53. The van der Waals surface area contributed by atoms with E-state index in [0.29, 0.717) is 26.2 Å². The SMILES string of the molecule is CC1(C)Cc2nc(CNC3(C(N)=O)CCOC3)sc2C(C)(C)C1. The molecule has 1 aliphatic heterocycles. The van der Waals surface area contributed by atoms with Crippen LogP contribution in [-0.4, -0.2) is 29.6 Å². The molecule has 1 atom stereocenters. The van der Waals surface area contributed by atoms with Gasteiger partial charge in [-0.15, -0.1) is 11.3 Å². The first-order chi connectivity index (χ1) is 10.6. The van der Waals surface area contributed by atoms with E-state index < -0.39 is 5.54 Å². The number of carbonyl (C=O) groups is 1. The average molecular weight is 337 g/mol. The van der Waals surface area contributed by atoms with Crippen LogP contribution in [0.4, 0.5) is 0 Å². The number of nitrogens with one attached hydrogen (secondary N) is 1. The zero-order chi connectivity index (χ0) is 16.9. The molecule has 0 aromatic carbocycles. The molecule has 5 nitrogen and oxygen atoms in total. The largest absolute Gasteiger partial charge is 0.379 e. The molecule has 1 aromatic rings. The van der Waals surface area contributed by atoms with Gasteiger partial charge in [0.15, 0.2) is 0 Å². The van der Waals surface area contributed by atoms with Gasteiger partial charge in [0.25, 0.3) is 0 Å². The van der Waals surface area contributed by atoms with E-state index >= 15 is 0 Å². The zero-order valence-corrected chi connectivity index (χ0v) is 15.3. The zero-order valence-electron chi connectivity index (χ0n) is 14.5. The molecule has 3 rings (SSSR count). The van der Waals surface area contributed by atoms with Crippen molar-refractivity contribution in [1.29, 1.82) is 0 Å². The monoisotopic (exact) mass is 337 g/mol. The second-order valence-corrected chi connectivity index (χ2v) is 9.47. The number of carbonyl (C=O) groups excluding carboxylic acids is 1. The van der Waals surface area contributed by atoms with E-state index in [1.807, 2.05) is 0 Å². The van der Waals surface area contributed by atoms with Crippen LogP contribution in [0.2, 0.25) is 0 Å². The summed E-state index contributed by atoms with van der Waals surface area (Å²) in [6.45, 7) is 10.7. The minimum Gasteiger partial charge on any atom is -0.379 e. The number of hydrogen-bond donors (Lipinski definition) is 2. The molecule has 0 radical (unpaired) electrons. The topological polar surface area (TPSA) is 77.2 Å². The molecular formula is C17H27N3O2S. The molecule has 1 saturated heterocycles. The predicted molar refractivity (Wildman–Crippen MR) is 91.4 cm³/mol. The third-order valence-electron chi connectivity index (χ3n) is 4.99. The van der Waals surface area contributed by atoms with E-state index in [2.05, 4.69) is 33.0 Å². The Kier molecular flexibility index (Phi) is 4.06. The highest BCUT2D eigenvalue weighted by Crippen LogP contribution is 2.47. The summed E-state index contributed by atoms with van der Waals surface area (Å²) in [6, 6.07) is 0. The summed E-state index contributed by atoms with van der Waals surface area (Å²) in [5, 5.41) is 4.35. The lowest BCUT2D eigenvalue weighted by Crippen LogP contribution is -2.55. The molecule has 1 aromatic heterocycles. The van der Waals surface area contributed by atoms with Gasteiger partial charge in [-0.1, -0.05) is 27.7 Å². The molecule has 1 unspecified atom stereocenters. The van der Waals surface area contributed by atoms with Gasteiger partial charge < -0.3 is 10.5 Å². The maximum absolute atomic E-state index is 11.8. The molecular weight excluding hydrogens is 310 g/mol. The number of nitrogens with two attached hydrogens (primary N) is 1. The highest BCUT2D eigenvalue weighted by molar-refractivity contribution is 7.11. The quantitative estimate of drug-likeness (QED) is 0.882. The van der Waals surface area contributed by atoms with E-state index in [4.69, 9.17) is 15.5 Å². The van der Waals surface area contributed by atoms with Crippen LogP contribution in [0.1, 0.15) is 56.1 Å². The predicted octanol–water partition coefficient (Wildman–Crippen LogP) is 2.13. The van der Waals surface area contributed by atoms with Crippen LogP contribution in [0.25, 0.3) is 0 Å². The molecule has 3 N–H and O–H groups in total. The molecule has 0 spiro atoms. The van der Waals surface area contributed by atoms with Gasteiger partial charge >= 0.3 is 0 Å². The summed E-state index contributed by atoms with van der Waals surface area (Å²) >= 11 is 1.77. The van der Waals surface area contributed by atoms with Crippen molar-refractivity contribution >= 4 is 17.2 Å². The Morgan fingerprint density at radius 3 is 2.74 bits per heavy atom. The number of ether oxygens (including phenoxy) is 1. The summed E-state index contributed by atoms with van der Waals surface area (Å²) in [7, 11) is 0. The number of aromatic nitrogens is 1. The summed E-state index contributed by atoms with van der Waals surface area (Å²) in [5.41, 5.74) is 6.50. The van der Waals surface area contributed by atoms with Gasteiger partial charge in [-0.3, -0.25) is 10.1 Å². The highest BCUT2D eigenvalue weighted by Gasteiger charge is 2.42. The maximum Gasteiger partial charge on any atom is 0.240 e. The van der Waals surface area contributed by atoms with Crippen LogP contribution in [0, 0.1) is 5.41 Å². The third kappa shape index (κ3) is 3.16. The Morgan fingerprint density at radius 1 is 1.39 bits per heavy atom. The van der Waals surface area contributed by atoms with E-state index in [-0.39, 0.29) is 16.7 Å². The molecule has 2 aliphatic rings. The lowest BCUT2D eigenvalue weighted by Gasteiger charge is -2.39. The van der Waals surface area contributed by atoms with E-state index in [1.54, 1.807) is 11.3 Å². The van der Waals surface area contributed by atoms with Gasteiger partial charge in [0.2, 0.25) is 5.91 Å². The fourth-order valence-corrected chi connectivity index (χ4v) is 5.27. The Balaban J connectivity index is 1.79. The van der Waals surface area contributed by atoms with Crippen molar-refractivity contribution in [2.24, 2.45) is 11.1 Å². The first-order valence-corrected chi connectivity index (χ1v) is 9.07. The molecule has 0 bridgehead atoms. The lowest BCUT2D eigenvalue weighted by molar-refractivity contribution is -0.124. The first-order valence-electron chi connectivity index (χ1n) is 8.25. The molecule has 6 heteroatoms. The fourth-order valence-electron chi connectivity index (χ4n) is 4.15. The minimum atomic E-state index is -0.735. The van der Waals surface area contributed by atoms with E-state index in [1.165, 1.54) is 17.0 Å². The van der Waals surface area contributed by atoms with Crippen LogP contribution >= 0.6 is 11.3 Å². The summed E-state index contributed by atoms with van der Waals surface area (Å²) in [4.78, 5) is 18.0. The third-order valence-corrected chi connectivity index (χ3v) is 6.46. The highest BCUT2D eigenvalue weighted by atomic mass is 32.1. The normalized spacial score (nSPS) is 28.5. The Morgan fingerprint density at radius 2 is 2.13 bits per heavy atom. The van der Waals surface area contributed by atoms with Crippen molar-refractivity contribution in [2.45, 2.75) is 64.5 Å². The van der Waals surface area contributed by atoms with Crippen LogP contribution in [-0.2, 0) is 27.9 Å². The molecule has 1 amide bonds. The first kappa shape index (κ1) is 16.9. The smallest absolute Gasteiger partial charge is 0.240 e. The number of rotatable bonds is 4. The minimum absolute atomic E-state index is 0.158. The second-order valence-electron chi connectivity index (χ2n) is 8.39. The Bertz CT molecular complexity index is 615. The summed E-state index contributed by atoms with van der Waals surface area (Å²) in [6.07, 6.45) is 2.82. The van der Waals surface area contributed by atoms with E-state index in [9.17, 15) is 4.79 Å². The van der Waals surface area contributed by atoms with Crippen molar-refractivity contribution in [3.8, 4) is 0 Å². The number of thiazole rings is 1. The van der Waals surface area contributed by atoms with Crippen LogP contribution < -0.4 is 11.1 Å². The Labute approximate surface area is 142 Å². The fraction of sp³-hybridized carbons (Fsp3) is 0.765. The molecule has 2 heterocycles. The number of amides is 1. The van der Waals surface area contributed by atoms with E-state index in [0.717, 1.165) is 11.4 Å². The number of fused-ring (bicyclic) bond motifs is 1. The average Bonchev–Trinajstić information content (AvgIpc) is 3.01. The van der Waals surface area contributed by atoms with Gasteiger partial charge in [-0.05, 0) is 18.3 Å². The van der Waals surface area contributed by atoms with Gasteiger partial charge in [-0.25, -0.2) is 4.98 Å². The van der Waals surface area contributed by atoms with Gasteiger partial charge in [0.1, 0.15) is 10.5 Å². The molecule has 0 saturated carbocycles. The number of primary amides is 1. The number of nitrogens with zero attached hydrogens (tertiary/aromatic N) is 1. The molecule has 128 valence electrons. The molecule has 23 heavy (non-hydrogen) atoms. The van der Waals surface area contributed by atoms with Crippen LogP contribution in [0.15, 0.2) is 0 Å². The van der Waals surface area contributed by atoms with Gasteiger partial charge in [-0.2, -0.15) is 0 Å². The lowest BCUT2D eigenvalue weighted by atomic mass is 9.67. The maximum atomic E-state index is 11.8. The Hall–Kier alpha value is -0.980. The van der Waals surface area contributed by atoms with Crippen molar-refractivity contribution in [3.05, 3.63) is 15.6 Å². The standard InChI is InChI=1S/C17H27N3O2S/c1-15(2)7-11-13(16(3,4)9-15)23-12(20-11)8-19-17(14(18)21)5-6-22-10-17/h19H,5-10H2,1-4H3,(H2,18,21).